The Labute approximate surface area is 194 Å². The SMILES string of the molecule is Cc1ccc2nc(-c3cc(N4CCC[C@@H](C(=O)N5CCN(C)CC5)C4)ccc3Cl)[nH]c2c1. The van der Waals surface area contributed by atoms with Gasteiger partial charge in [-0.25, -0.2) is 4.98 Å². The van der Waals surface area contributed by atoms with Crippen LogP contribution in [-0.4, -0.2) is 72.0 Å². The van der Waals surface area contributed by atoms with Gasteiger partial charge in [0, 0.05) is 50.5 Å². The summed E-state index contributed by atoms with van der Waals surface area (Å²) < 4.78 is 0. The number of H-pyrrole nitrogens is 1. The van der Waals surface area contributed by atoms with E-state index in [1.54, 1.807) is 0 Å². The Balaban J connectivity index is 1.37. The van der Waals surface area contributed by atoms with Gasteiger partial charge >= 0.3 is 0 Å². The summed E-state index contributed by atoms with van der Waals surface area (Å²) in [5.41, 5.74) is 5.12. The zero-order chi connectivity index (χ0) is 22.2. The van der Waals surface area contributed by atoms with Crippen LogP contribution in [0.5, 0.6) is 0 Å². The van der Waals surface area contributed by atoms with Crippen LogP contribution in [0.4, 0.5) is 5.69 Å². The van der Waals surface area contributed by atoms with E-state index in [9.17, 15) is 4.79 Å². The van der Waals surface area contributed by atoms with Gasteiger partial charge in [0.05, 0.1) is 22.0 Å². The van der Waals surface area contributed by atoms with Crippen LogP contribution < -0.4 is 4.90 Å². The van der Waals surface area contributed by atoms with Gasteiger partial charge in [-0.2, -0.15) is 0 Å². The maximum Gasteiger partial charge on any atom is 0.227 e. The van der Waals surface area contributed by atoms with Gasteiger partial charge in [0.2, 0.25) is 5.91 Å². The molecule has 1 atom stereocenters. The second-order valence-corrected chi connectivity index (χ2v) is 9.59. The van der Waals surface area contributed by atoms with Crippen molar-refractivity contribution in [3.63, 3.8) is 0 Å². The molecule has 2 fully saturated rings. The first-order valence-electron chi connectivity index (χ1n) is 11.5. The monoisotopic (exact) mass is 451 g/mol. The van der Waals surface area contributed by atoms with Crippen molar-refractivity contribution in [3.05, 3.63) is 47.0 Å². The van der Waals surface area contributed by atoms with E-state index >= 15 is 0 Å². The van der Waals surface area contributed by atoms with Crippen molar-refractivity contribution in [3.8, 4) is 11.4 Å². The fourth-order valence-electron chi connectivity index (χ4n) is 4.84. The fraction of sp³-hybridized carbons (Fsp3) is 0.440. The molecule has 2 aliphatic heterocycles. The Hall–Kier alpha value is -2.57. The molecule has 3 heterocycles. The van der Waals surface area contributed by atoms with Crippen LogP contribution >= 0.6 is 11.6 Å². The van der Waals surface area contributed by atoms with E-state index < -0.39 is 0 Å². The lowest BCUT2D eigenvalue weighted by Gasteiger charge is -2.39. The number of halogens is 1. The van der Waals surface area contributed by atoms with E-state index in [1.165, 1.54) is 5.56 Å². The van der Waals surface area contributed by atoms with Gasteiger partial charge in [-0.05, 0) is 62.7 Å². The zero-order valence-electron chi connectivity index (χ0n) is 18.8. The molecule has 1 amide bonds. The first-order valence-corrected chi connectivity index (χ1v) is 11.8. The molecule has 0 saturated carbocycles. The number of piperidine rings is 1. The van der Waals surface area contributed by atoms with Gasteiger partial charge in [0.15, 0.2) is 0 Å². The molecule has 168 valence electrons. The lowest BCUT2D eigenvalue weighted by molar-refractivity contribution is -0.137. The van der Waals surface area contributed by atoms with Gasteiger partial charge < -0.3 is 19.7 Å². The van der Waals surface area contributed by atoms with Crippen LogP contribution in [0, 0.1) is 12.8 Å². The molecule has 0 aliphatic carbocycles. The quantitative estimate of drug-likeness (QED) is 0.649. The molecule has 32 heavy (non-hydrogen) atoms. The Kier molecular flexibility index (Phi) is 5.82. The molecule has 5 rings (SSSR count). The molecule has 0 bridgehead atoms. The second-order valence-electron chi connectivity index (χ2n) is 9.18. The summed E-state index contributed by atoms with van der Waals surface area (Å²) in [5, 5.41) is 0.673. The summed E-state index contributed by atoms with van der Waals surface area (Å²) in [6.45, 7) is 7.37. The van der Waals surface area contributed by atoms with Crippen molar-refractivity contribution >= 4 is 34.2 Å². The van der Waals surface area contributed by atoms with Gasteiger partial charge in [-0.15, -0.1) is 0 Å². The number of hydrogen-bond acceptors (Lipinski definition) is 4. The predicted molar refractivity (Wildman–Crippen MR) is 130 cm³/mol. The third-order valence-corrected chi connectivity index (χ3v) is 7.12. The minimum absolute atomic E-state index is 0.0560. The highest BCUT2D eigenvalue weighted by Gasteiger charge is 2.31. The predicted octanol–water partition coefficient (Wildman–Crippen LogP) is 4.18. The van der Waals surface area contributed by atoms with Crippen LogP contribution in [-0.2, 0) is 4.79 Å². The molecule has 0 radical (unpaired) electrons. The van der Waals surface area contributed by atoms with Crippen molar-refractivity contribution < 1.29 is 4.79 Å². The van der Waals surface area contributed by atoms with Crippen LogP contribution in [0.2, 0.25) is 5.02 Å². The van der Waals surface area contributed by atoms with Crippen LogP contribution in [0.1, 0.15) is 18.4 Å². The third-order valence-electron chi connectivity index (χ3n) is 6.79. The molecule has 2 aromatic carbocycles. The number of nitrogens with one attached hydrogen (secondary N) is 1. The standard InChI is InChI=1S/C25H30ClN5O/c1-17-5-8-22-23(14-17)28-24(27-22)20-15-19(6-7-21(20)26)31-9-3-4-18(16-31)25(32)30-12-10-29(2)11-13-30/h5-8,14-15,18H,3-4,9-13,16H2,1-2H3,(H,27,28)/t18-/m1/s1. The number of aromatic nitrogens is 2. The maximum atomic E-state index is 13.2. The number of amides is 1. The second kappa shape index (κ2) is 8.75. The number of fused-ring (bicyclic) bond motifs is 1. The normalized spacial score (nSPS) is 20.2. The van der Waals surface area contributed by atoms with Crippen LogP contribution in [0.25, 0.3) is 22.4 Å². The molecule has 2 saturated heterocycles. The number of likely N-dealkylation sites (N-methyl/N-ethyl adjacent to an activating group) is 1. The van der Waals surface area contributed by atoms with Crippen LogP contribution in [0.15, 0.2) is 36.4 Å². The maximum absolute atomic E-state index is 13.2. The molecule has 0 spiro atoms. The molecule has 3 aromatic rings. The number of imidazole rings is 1. The largest absolute Gasteiger partial charge is 0.371 e. The highest BCUT2D eigenvalue weighted by Crippen LogP contribution is 2.33. The van der Waals surface area contributed by atoms with Crippen molar-refractivity contribution in [2.75, 3.05) is 51.2 Å². The van der Waals surface area contributed by atoms with E-state index in [2.05, 4.69) is 57.9 Å². The highest BCUT2D eigenvalue weighted by atomic mass is 35.5. The number of aromatic amines is 1. The number of benzene rings is 2. The third kappa shape index (κ3) is 4.21. The number of hydrogen-bond donors (Lipinski definition) is 1. The summed E-state index contributed by atoms with van der Waals surface area (Å²) in [6, 6.07) is 12.3. The molecule has 6 nitrogen and oxygen atoms in total. The minimum atomic E-state index is 0.0560. The molecule has 2 aliphatic rings. The molecular weight excluding hydrogens is 422 g/mol. The lowest BCUT2D eigenvalue weighted by atomic mass is 9.95. The van der Waals surface area contributed by atoms with Gasteiger partial charge in [-0.3, -0.25) is 4.79 Å². The molecule has 0 unspecified atom stereocenters. The van der Waals surface area contributed by atoms with Gasteiger partial charge in [0.1, 0.15) is 5.82 Å². The highest BCUT2D eigenvalue weighted by molar-refractivity contribution is 6.33. The lowest BCUT2D eigenvalue weighted by Crippen LogP contribution is -2.51. The summed E-state index contributed by atoms with van der Waals surface area (Å²) in [4.78, 5) is 28.0. The molecule has 7 heteroatoms. The summed E-state index contributed by atoms with van der Waals surface area (Å²) >= 11 is 6.58. The Morgan fingerprint density at radius 1 is 1.09 bits per heavy atom. The minimum Gasteiger partial charge on any atom is -0.371 e. The Bertz CT molecular complexity index is 1130. The fourth-order valence-corrected chi connectivity index (χ4v) is 5.05. The topological polar surface area (TPSA) is 55.5 Å². The smallest absolute Gasteiger partial charge is 0.227 e. The van der Waals surface area contributed by atoms with Crippen molar-refractivity contribution in [2.24, 2.45) is 5.92 Å². The number of nitrogens with zero attached hydrogens (tertiary/aromatic N) is 4. The van der Waals surface area contributed by atoms with Crippen molar-refractivity contribution in [1.82, 2.24) is 19.8 Å². The van der Waals surface area contributed by atoms with Crippen molar-refractivity contribution in [2.45, 2.75) is 19.8 Å². The number of aryl methyl sites for hydroxylation is 1. The van der Waals surface area contributed by atoms with Crippen molar-refractivity contribution in [1.29, 1.82) is 0 Å². The number of piperazine rings is 1. The van der Waals surface area contributed by atoms with E-state index in [4.69, 9.17) is 16.6 Å². The molecular formula is C25H30ClN5O. The van der Waals surface area contributed by atoms with E-state index in [0.717, 1.165) is 80.2 Å². The number of carbonyl (C=O) groups excluding carboxylic acids is 1. The van der Waals surface area contributed by atoms with E-state index in [0.29, 0.717) is 10.9 Å². The van der Waals surface area contributed by atoms with Crippen LogP contribution in [0.3, 0.4) is 0 Å². The van der Waals surface area contributed by atoms with E-state index in [1.807, 2.05) is 12.1 Å². The number of anilines is 1. The summed E-state index contributed by atoms with van der Waals surface area (Å²) in [6.07, 6.45) is 1.98. The molecule has 1 N–H and O–H groups in total. The number of carbonyl (C=O) groups is 1. The average Bonchev–Trinajstić information content (AvgIpc) is 3.22. The van der Waals surface area contributed by atoms with Gasteiger partial charge in [0.25, 0.3) is 0 Å². The number of rotatable bonds is 3. The summed E-state index contributed by atoms with van der Waals surface area (Å²) in [7, 11) is 2.12. The van der Waals surface area contributed by atoms with E-state index in [-0.39, 0.29) is 5.92 Å². The Morgan fingerprint density at radius 3 is 2.72 bits per heavy atom. The zero-order valence-corrected chi connectivity index (χ0v) is 19.5. The molecule has 1 aromatic heterocycles. The first-order chi connectivity index (χ1) is 15.5. The first kappa shape index (κ1) is 21.3. The summed E-state index contributed by atoms with van der Waals surface area (Å²) in [5.74, 6) is 1.14. The average molecular weight is 452 g/mol. The Morgan fingerprint density at radius 2 is 1.91 bits per heavy atom. The van der Waals surface area contributed by atoms with Gasteiger partial charge in [-0.1, -0.05) is 17.7 Å².